The zero-order chi connectivity index (χ0) is 11.5. The molecule has 0 spiro atoms. The fourth-order valence-corrected chi connectivity index (χ4v) is 2.50. The summed E-state index contributed by atoms with van der Waals surface area (Å²) in [6.45, 7) is -0.111. The summed E-state index contributed by atoms with van der Waals surface area (Å²) in [5, 5.41) is 8.81. The number of carboxylic acids is 1. The van der Waals surface area contributed by atoms with Crippen molar-refractivity contribution in [3.8, 4) is 0 Å². The van der Waals surface area contributed by atoms with Gasteiger partial charge in [-0.25, -0.2) is 0 Å². The van der Waals surface area contributed by atoms with Crippen LogP contribution in [0.4, 0.5) is 0 Å². The highest BCUT2D eigenvalue weighted by atomic mass is 16.4. The quantitative estimate of drug-likeness (QED) is 0.791. The molecular weight excluding hydrogens is 206 g/mol. The van der Waals surface area contributed by atoms with Gasteiger partial charge in [0, 0.05) is 12.0 Å². The zero-order valence-corrected chi connectivity index (χ0v) is 9.52. The maximum Gasteiger partial charge on any atom is 0.323 e. The lowest BCUT2D eigenvalue weighted by molar-refractivity contribution is -0.147. The fourth-order valence-electron chi connectivity index (χ4n) is 2.50. The van der Waals surface area contributed by atoms with Crippen molar-refractivity contribution in [2.75, 3.05) is 6.54 Å². The van der Waals surface area contributed by atoms with E-state index in [1.165, 1.54) is 6.42 Å². The molecule has 16 heavy (non-hydrogen) atoms. The fraction of sp³-hybridized carbons (Fsp3) is 0.833. The van der Waals surface area contributed by atoms with Gasteiger partial charge in [-0.2, -0.15) is 0 Å². The van der Waals surface area contributed by atoms with Crippen LogP contribution < -0.4 is 0 Å². The molecule has 0 saturated heterocycles. The topological polar surface area (TPSA) is 57.6 Å². The lowest BCUT2D eigenvalue weighted by Gasteiger charge is -2.28. The van der Waals surface area contributed by atoms with Gasteiger partial charge < -0.3 is 10.0 Å². The van der Waals surface area contributed by atoms with Crippen LogP contribution in [0.15, 0.2) is 0 Å². The molecule has 0 aliphatic heterocycles. The third-order valence-corrected chi connectivity index (χ3v) is 3.53. The highest BCUT2D eigenvalue weighted by molar-refractivity contribution is 5.83. The van der Waals surface area contributed by atoms with Crippen LogP contribution in [0.1, 0.15) is 44.9 Å². The molecule has 2 fully saturated rings. The lowest BCUT2D eigenvalue weighted by Crippen LogP contribution is -2.41. The van der Waals surface area contributed by atoms with Gasteiger partial charge in [-0.05, 0) is 25.7 Å². The van der Waals surface area contributed by atoms with Crippen molar-refractivity contribution < 1.29 is 14.7 Å². The van der Waals surface area contributed by atoms with Crippen LogP contribution in [0.3, 0.4) is 0 Å². The van der Waals surface area contributed by atoms with Gasteiger partial charge in [0.25, 0.3) is 0 Å². The van der Waals surface area contributed by atoms with Gasteiger partial charge in [0.2, 0.25) is 5.91 Å². The summed E-state index contributed by atoms with van der Waals surface area (Å²) < 4.78 is 0. The van der Waals surface area contributed by atoms with Crippen molar-refractivity contribution in [2.24, 2.45) is 5.92 Å². The normalized spacial score (nSPS) is 21.8. The van der Waals surface area contributed by atoms with Gasteiger partial charge in [-0.3, -0.25) is 9.59 Å². The Bertz CT molecular complexity index is 280. The Hall–Kier alpha value is -1.06. The Balaban J connectivity index is 1.95. The lowest BCUT2D eigenvalue weighted by atomic mass is 9.88. The molecule has 1 amide bonds. The number of carboxylic acid groups (broad SMARTS) is 1. The molecule has 0 unspecified atom stereocenters. The van der Waals surface area contributed by atoms with E-state index in [-0.39, 0.29) is 24.4 Å². The second kappa shape index (κ2) is 4.85. The predicted molar refractivity (Wildman–Crippen MR) is 58.9 cm³/mol. The Morgan fingerprint density at radius 2 is 1.69 bits per heavy atom. The summed E-state index contributed by atoms with van der Waals surface area (Å²) in [7, 11) is 0. The van der Waals surface area contributed by atoms with Crippen molar-refractivity contribution in [3.63, 3.8) is 0 Å². The van der Waals surface area contributed by atoms with E-state index < -0.39 is 5.97 Å². The van der Waals surface area contributed by atoms with Crippen LogP contribution in [-0.2, 0) is 9.59 Å². The van der Waals surface area contributed by atoms with Gasteiger partial charge in [0.05, 0.1) is 0 Å². The minimum Gasteiger partial charge on any atom is -0.480 e. The highest BCUT2D eigenvalue weighted by Gasteiger charge is 2.36. The van der Waals surface area contributed by atoms with Crippen molar-refractivity contribution in [2.45, 2.75) is 51.0 Å². The molecule has 0 aromatic heterocycles. The van der Waals surface area contributed by atoms with Crippen molar-refractivity contribution >= 4 is 11.9 Å². The average molecular weight is 225 g/mol. The first-order chi connectivity index (χ1) is 7.68. The van der Waals surface area contributed by atoms with E-state index in [0.717, 1.165) is 38.5 Å². The van der Waals surface area contributed by atoms with E-state index in [0.29, 0.717) is 0 Å². The molecule has 2 aliphatic carbocycles. The molecule has 4 nitrogen and oxygen atoms in total. The molecule has 0 radical (unpaired) electrons. The summed E-state index contributed by atoms with van der Waals surface area (Å²) in [5.74, 6) is -0.714. The molecule has 0 aromatic carbocycles. The molecule has 0 aromatic rings. The molecule has 90 valence electrons. The van der Waals surface area contributed by atoms with Gasteiger partial charge in [0.15, 0.2) is 0 Å². The first-order valence-corrected chi connectivity index (χ1v) is 6.21. The van der Waals surface area contributed by atoms with Crippen LogP contribution in [0.25, 0.3) is 0 Å². The number of carbonyl (C=O) groups excluding carboxylic acids is 1. The third-order valence-electron chi connectivity index (χ3n) is 3.53. The Morgan fingerprint density at radius 3 is 2.19 bits per heavy atom. The molecular formula is C12H19NO3. The minimum absolute atomic E-state index is 0.0876. The number of hydrogen-bond acceptors (Lipinski definition) is 2. The minimum atomic E-state index is -0.893. The molecule has 2 aliphatic rings. The van der Waals surface area contributed by atoms with Crippen molar-refractivity contribution in [1.29, 1.82) is 0 Å². The van der Waals surface area contributed by atoms with Crippen LogP contribution in [0.2, 0.25) is 0 Å². The third kappa shape index (κ3) is 2.74. The SMILES string of the molecule is O=C(O)CN(C(=O)C1CCCCC1)C1CC1. The van der Waals surface area contributed by atoms with Crippen LogP contribution in [-0.4, -0.2) is 34.5 Å². The average Bonchev–Trinajstić information content (AvgIpc) is 3.10. The number of carbonyl (C=O) groups is 2. The second-order valence-corrected chi connectivity index (χ2v) is 4.93. The summed E-state index contributed by atoms with van der Waals surface area (Å²) in [4.78, 5) is 24.5. The smallest absolute Gasteiger partial charge is 0.323 e. The predicted octanol–water partition coefficient (Wildman–Crippen LogP) is 1.64. The molecule has 0 bridgehead atoms. The Kier molecular flexibility index (Phi) is 3.46. The zero-order valence-electron chi connectivity index (χ0n) is 9.52. The van der Waals surface area contributed by atoms with Crippen LogP contribution >= 0.6 is 0 Å². The van der Waals surface area contributed by atoms with E-state index in [4.69, 9.17) is 5.11 Å². The second-order valence-electron chi connectivity index (χ2n) is 4.93. The van der Waals surface area contributed by atoms with E-state index >= 15 is 0 Å². The first-order valence-electron chi connectivity index (χ1n) is 6.21. The highest BCUT2D eigenvalue weighted by Crippen LogP contribution is 2.31. The number of amides is 1. The molecule has 2 rings (SSSR count). The van der Waals surface area contributed by atoms with Gasteiger partial charge in [0.1, 0.15) is 6.54 Å². The number of aliphatic carboxylic acids is 1. The van der Waals surface area contributed by atoms with E-state index in [1.807, 2.05) is 0 Å². The molecule has 0 heterocycles. The van der Waals surface area contributed by atoms with E-state index in [9.17, 15) is 9.59 Å². The van der Waals surface area contributed by atoms with Gasteiger partial charge in [-0.15, -0.1) is 0 Å². The van der Waals surface area contributed by atoms with Gasteiger partial charge >= 0.3 is 5.97 Å². The monoisotopic (exact) mass is 225 g/mol. The van der Waals surface area contributed by atoms with Crippen LogP contribution in [0.5, 0.6) is 0 Å². The van der Waals surface area contributed by atoms with E-state index in [1.54, 1.807) is 4.90 Å². The molecule has 1 N–H and O–H groups in total. The first kappa shape index (κ1) is 11.4. The number of nitrogens with zero attached hydrogens (tertiary/aromatic N) is 1. The maximum atomic E-state index is 12.2. The summed E-state index contributed by atoms with van der Waals surface area (Å²) >= 11 is 0. The molecule has 2 saturated carbocycles. The van der Waals surface area contributed by atoms with Crippen LogP contribution in [0, 0.1) is 5.92 Å². The number of hydrogen-bond donors (Lipinski definition) is 1. The Morgan fingerprint density at radius 1 is 1.06 bits per heavy atom. The standard InChI is InChI=1S/C12H19NO3/c14-11(15)8-13(10-6-7-10)12(16)9-4-2-1-3-5-9/h9-10H,1-8H2,(H,14,15). The van der Waals surface area contributed by atoms with Crippen molar-refractivity contribution in [3.05, 3.63) is 0 Å². The van der Waals surface area contributed by atoms with Gasteiger partial charge in [-0.1, -0.05) is 19.3 Å². The molecule has 4 heteroatoms. The summed E-state index contributed by atoms with van der Waals surface area (Å²) in [6, 6.07) is 0.213. The summed E-state index contributed by atoms with van der Waals surface area (Å²) in [5.41, 5.74) is 0. The molecule has 0 atom stereocenters. The largest absolute Gasteiger partial charge is 0.480 e. The maximum absolute atomic E-state index is 12.2. The Labute approximate surface area is 95.6 Å². The van der Waals surface area contributed by atoms with E-state index in [2.05, 4.69) is 0 Å². The number of rotatable bonds is 4. The van der Waals surface area contributed by atoms with Crippen molar-refractivity contribution in [1.82, 2.24) is 4.90 Å². The summed E-state index contributed by atoms with van der Waals surface area (Å²) in [6.07, 6.45) is 7.29.